The molecule has 0 fully saturated rings. The molecule has 0 saturated heterocycles. The van der Waals surface area contributed by atoms with Crippen LogP contribution in [-0.2, 0) is 8.95 Å². The maximum Gasteiger partial charge on any atom is 0.432 e. The molecule has 0 aliphatic carbocycles. The first-order valence-corrected chi connectivity index (χ1v) is 11.5. The van der Waals surface area contributed by atoms with Crippen LogP contribution in [0.3, 0.4) is 0 Å². The van der Waals surface area contributed by atoms with Gasteiger partial charge in [-0.25, -0.2) is 0 Å². The third-order valence-electron chi connectivity index (χ3n) is 4.32. The van der Waals surface area contributed by atoms with Crippen LogP contribution in [0.25, 0.3) is 0 Å². The zero-order valence-electron chi connectivity index (χ0n) is 17.1. The van der Waals surface area contributed by atoms with Gasteiger partial charge in [0.05, 0.1) is 6.61 Å². The molecule has 0 atom stereocenters. The molecule has 1 aromatic carbocycles. The van der Waals surface area contributed by atoms with E-state index in [9.17, 15) is 10.1 Å². The first kappa shape index (κ1) is 23.0. The minimum atomic E-state index is -2.72. The quantitative estimate of drug-likeness (QED) is 0.159. The summed E-state index contributed by atoms with van der Waals surface area (Å²) in [5, 5.41) is 15.3. The molecule has 0 spiro atoms. The molecular weight excluding hydrogens is 360 g/mol. The Kier molecular flexibility index (Phi) is 9.96. The van der Waals surface area contributed by atoms with Crippen molar-refractivity contribution in [3.05, 3.63) is 58.2 Å². The lowest BCUT2D eigenvalue weighted by Gasteiger charge is -2.34. The molecule has 1 aromatic rings. The molecular formula is C20H32N2O4Si. The lowest BCUT2D eigenvalue weighted by molar-refractivity contribution is -0.463. The van der Waals surface area contributed by atoms with Gasteiger partial charge < -0.3 is 8.95 Å². The van der Waals surface area contributed by atoms with Gasteiger partial charge in [0.25, 0.3) is 0 Å². The Balaban J connectivity index is 3.09. The van der Waals surface area contributed by atoms with E-state index in [1.807, 2.05) is 24.3 Å². The maximum absolute atomic E-state index is 11.1. The number of hydrogen-bond donors (Lipinski definition) is 0. The Morgan fingerprint density at radius 3 is 2.33 bits per heavy atom. The average molecular weight is 393 g/mol. The van der Waals surface area contributed by atoms with Crippen LogP contribution < -0.4 is 0 Å². The molecule has 0 radical (unpaired) electrons. The zero-order valence-corrected chi connectivity index (χ0v) is 18.1. The van der Waals surface area contributed by atoms with Crippen LogP contribution in [0, 0.1) is 10.1 Å². The van der Waals surface area contributed by atoms with E-state index in [1.54, 1.807) is 12.1 Å². The third kappa shape index (κ3) is 7.26. The van der Waals surface area contributed by atoms with Crippen molar-refractivity contribution < 1.29 is 13.9 Å². The highest BCUT2D eigenvalue weighted by atomic mass is 28.4. The van der Waals surface area contributed by atoms with Crippen LogP contribution in [0.5, 0.6) is 0 Å². The molecule has 0 aliphatic heterocycles. The Bertz CT molecular complexity index is 622. The number of allylic oxidation sites excluding steroid dienone is 1. The highest BCUT2D eigenvalue weighted by molar-refractivity contribution is 6.70. The van der Waals surface area contributed by atoms with Crippen molar-refractivity contribution in [1.82, 2.24) is 0 Å². The smallest absolute Gasteiger partial charge is 0.420 e. The normalized spacial score (nSPS) is 12.9. The molecule has 0 N–H and O–H groups in total. The monoisotopic (exact) mass is 392 g/mol. The van der Waals surface area contributed by atoms with Gasteiger partial charge in [0.15, 0.2) is 5.71 Å². The van der Waals surface area contributed by atoms with Gasteiger partial charge in [0.2, 0.25) is 6.54 Å². The molecule has 27 heavy (non-hydrogen) atoms. The molecule has 0 aliphatic rings. The summed E-state index contributed by atoms with van der Waals surface area (Å²) in [6, 6.07) is 9.12. The first-order valence-electron chi connectivity index (χ1n) is 9.54. The number of nitrogens with zero attached hydrogens (tertiary/aromatic N) is 2. The summed E-state index contributed by atoms with van der Waals surface area (Å²) in [5.41, 5.74) is 1.29. The Hall–Kier alpha value is -1.99. The molecule has 150 valence electrons. The summed E-state index contributed by atoms with van der Waals surface area (Å²) in [7, 11) is -2.72. The van der Waals surface area contributed by atoms with Crippen LogP contribution in [0.4, 0.5) is 0 Å². The molecule has 6 nitrogen and oxygen atoms in total. The van der Waals surface area contributed by atoms with Crippen molar-refractivity contribution in [3.63, 3.8) is 0 Å². The fraction of sp³-hybridized carbons (Fsp3) is 0.550. The Morgan fingerprint density at radius 2 is 1.81 bits per heavy atom. The first-order chi connectivity index (χ1) is 12.8. The Labute approximate surface area is 163 Å². The van der Waals surface area contributed by atoms with E-state index in [0.29, 0.717) is 17.9 Å². The van der Waals surface area contributed by atoms with E-state index in [2.05, 4.69) is 45.9 Å². The van der Waals surface area contributed by atoms with E-state index < -0.39 is 13.5 Å². The van der Waals surface area contributed by atoms with Crippen molar-refractivity contribution in [2.24, 2.45) is 5.16 Å². The molecule has 7 heteroatoms. The van der Waals surface area contributed by atoms with Gasteiger partial charge in [-0.15, -0.1) is 0 Å². The maximum atomic E-state index is 11.1. The van der Waals surface area contributed by atoms with Crippen LogP contribution in [0.1, 0.15) is 53.0 Å². The Morgan fingerprint density at radius 1 is 1.19 bits per heavy atom. The number of oxime groups is 1. The van der Waals surface area contributed by atoms with Crippen molar-refractivity contribution in [2.75, 3.05) is 13.2 Å². The molecule has 0 amide bonds. The van der Waals surface area contributed by atoms with Crippen molar-refractivity contribution >= 4 is 14.3 Å². The van der Waals surface area contributed by atoms with E-state index in [1.165, 1.54) is 0 Å². The summed E-state index contributed by atoms with van der Waals surface area (Å²) in [6.45, 7) is 10.5. The van der Waals surface area contributed by atoms with Gasteiger partial charge in [0.1, 0.15) is 0 Å². The third-order valence-corrected chi connectivity index (χ3v) is 8.53. The van der Waals surface area contributed by atoms with Crippen LogP contribution in [0.15, 0.2) is 47.6 Å². The van der Waals surface area contributed by atoms with Gasteiger partial charge in [-0.05, 0) is 6.42 Å². The topological polar surface area (TPSA) is 74.0 Å². The largest absolute Gasteiger partial charge is 0.432 e. The van der Waals surface area contributed by atoms with Gasteiger partial charge in [-0.2, -0.15) is 0 Å². The van der Waals surface area contributed by atoms with Crippen LogP contribution in [-0.4, -0.2) is 32.3 Å². The predicted molar refractivity (Wildman–Crippen MR) is 112 cm³/mol. The molecule has 0 saturated carbocycles. The van der Waals surface area contributed by atoms with E-state index in [0.717, 1.165) is 12.8 Å². The second-order valence-electron chi connectivity index (χ2n) is 7.09. The lowest BCUT2D eigenvalue weighted by atomic mass is 10.1. The lowest BCUT2D eigenvalue weighted by Crippen LogP contribution is -2.47. The second kappa shape index (κ2) is 11.7. The van der Waals surface area contributed by atoms with E-state index >= 15 is 0 Å². The molecule has 0 bridgehead atoms. The number of rotatable bonds is 12. The van der Waals surface area contributed by atoms with E-state index in [-0.39, 0.29) is 17.6 Å². The van der Waals surface area contributed by atoms with Crippen molar-refractivity contribution in [1.29, 1.82) is 0 Å². The standard InChI is InChI=1S/C20H32N2O4Si/c1-6-7-8-12-15-25-27(17(2)3,18(4)5)26-21-20(16-22(23)24)19-13-10-9-11-14-19/h8-14,17-18H,6-7,15-16H2,1-5H3/b12-8+,21-20+. The van der Waals surface area contributed by atoms with Crippen molar-refractivity contribution in [3.8, 4) is 0 Å². The second-order valence-corrected chi connectivity index (χ2v) is 11.3. The van der Waals surface area contributed by atoms with Crippen molar-refractivity contribution in [2.45, 2.75) is 58.5 Å². The molecule has 0 unspecified atom stereocenters. The number of benzene rings is 1. The molecule has 0 aromatic heterocycles. The van der Waals surface area contributed by atoms with Gasteiger partial charge in [0, 0.05) is 21.6 Å². The molecule has 1 rings (SSSR count). The fourth-order valence-electron chi connectivity index (χ4n) is 2.82. The SMILES string of the molecule is CCC/C=C/CO[Si](O/N=C(\C[N+](=O)[O-])c1ccccc1)(C(C)C)C(C)C. The summed E-state index contributed by atoms with van der Waals surface area (Å²) in [6.07, 6.45) is 6.22. The highest BCUT2D eigenvalue weighted by Gasteiger charge is 2.48. The number of unbranched alkanes of at least 4 members (excludes halogenated alkanes) is 1. The summed E-state index contributed by atoms with van der Waals surface area (Å²) in [5.74, 6) is 0. The van der Waals surface area contributed by atoms with Gasteiger partial charge in [-0.3, -0.25) is 10.1 Å². The average Bonchev–Trinajstić information content (AvgIpc) is 2.62. The molecule has 0 heterocycles. The number of nitro groups is 1. The summed E-state index contributed by atoms with van der Waals surface area (Å²) >= 11 is 0. The summed E-state index contributed by atoms with van der Waals surface area (Å²) < 4.78 is 12.3. The minimum Gasteiger partial charge on any atom is -0.420 e. The van der Waals surface area contributed by atoms with Gasteiger partial charge >= 0.3 is 8.56 Å². The van der Waals surface area contributed by atoms with Crippen LogP contribution in [0.2, 0.25) is 11.1 Å². The predicted octanol–water partition coefficient (Wildman–Crippen LogP) is 5.32. The number of hydrogen-bond acceptors (Lipinski definition) is 5. The highest BCUT2D eigenvalue weighted by Crippen LogP contribution is 2.35. The van der Waals surface area contributed by atoms with Gasteiger partial charge in [-0.1, -0.05) is 88.7 Å². The van der Waals surface area contributed by atoms with Crippen LogP contribution >= 0.6 is 0 Å². The minimum absolute atomic E-state index is 0.147. The summed E-state index contributed by atoms with van der Waals surface area (Å²) in [4.78, 5) is 10.7. The fourth-order valence-corrected chi connectivity index (χ4v) is 5.90. The zero-order chi connectivity index (χ0) is 20.3. The van der Waals surface area contributed by atoms with E-state index in [4.69, 9.17) is 8.95 Å².